The van der Waals surface area contributed by atoms with Crippen molar-refractivity contribution in [1.82, 2.24) is 4.98 Å². The van der Waals surface area contributed by atoms with Crippen LogP contribution in [0.15, 0.2) is 53.6 Å². The van der Waals surface area contributed by atoms with Crippen LogP contribution in [0.5, 0.6) is 0 Å². The van der Waals surface area contributed by atoms with E-state index in [-0.39, 0.29) is 11.3 Å². The van der Waals surface area contributed by atoms with E-state index < -0.39 is 0 Å². The Balaban J connectivity index is 2.03. The molecule has 0 aliphatic rings. The molecular formula is C16H16N4OS. The van der Waals surface area contributed by atoms with Gasteiger partial charge in [0.2, 0.25) is 0 Å². The lowest BCUT2D eigenvalue weighted by Crippen LogP contribution is -2.20. The summed E-state index contributed by atoms with van der Waals surface area (Å²) in [6.07, 6.45) is 2.07. The molecule has 1 heterocycles. The Morgan fingerprint density at radius 3 is 2.77 bits per heavy atom. The van der Waals surface area contributed by atoms with Gasteiger partial charge in [-0.3, -0.25) is 5.32 Å². The average molecular weight is 312 g/mol. The summed E-state index contributed by atoms with van der Waals surface area (Å²) in [6, 6.07) is 14.6. The summed E-state index contributed by atoms with van der Waals surface area (Å²) in [6.45, 7) is 1.98. The molecule has 2 N–H and O–H groups in total. The van der Waals surface area contributed by atoms with Crippen molar-refractivity contribution in [2.45, 2.75) is 23.5 Å². The molecule has 0 aliphatic carbocycles. The van der Waals surface area contributed by atoms with Gasteiger partial charge < -0.3 is 5.32 Å². The predicted octanol–water partition coefficient (Wildman–Crippen LogP) is 4.12. The number of carbonyl (C=O) groups excluding carboxylic acids is 1. The molecule has 0 spiro atoms. The summed E-state index contributed by atoms with van der Waals surface area (Å²) in [5, 5.41) is 14.4. The quantitative estimate of drug-likeness (QED) is 0.814. The van der Waals surface area contributed by atoms with Crippen molar-refractivity contribution in [2.75, 3.05) is 10.6 Å². The maximum absolute atomic E-state index is 12.0. The molecule has 1 atom stereocenters. The van der Waals surface area contributed by atoms with Crippen LogP contribution in [0, 0.1) is 11.3 Å². The number of hydrogen-bond donors (Lipinski definition) is 2. The second-order valence-electron chi connectivity index (χ2n) is 4.58. The SMILES string of the molecule is C[C@@H](CC#N)Sc1ccccc1NC(=O)Nc1ccccn1. The van der Waals surface area contributed by atoms with Crippen molar-refractivity contribution in [3.8, 4) is 6.07 Å². The molecule has 0 radical (unpaired) electrons. The van der Waals surface area contributed by atoms with E-state index in [2.05, 4.69) is 21.7 Å². The largest absolute Gasteiger partial charge is 0.324 e. The lowest BCUT2D eigenvalue weighted by atomic mass is 10.3. The second-order valence-corrected chi connectivity index (χ2v) is 6.06. The van der Waals surface area contributed by atoms with Crippen LogP contribution in [0.1, 0.15) is 13.3 Å². The average Bonchev–Trinajstić information content (AvgIpc) is 2.50. The van der Waals surface area contributed by atoms with Crippen LogP contribution in [0.3, 0.4) is 0 Å². The highest BCUT2D eigenvalue weighted by Gasteiger charge is 2.10. The smallest absolute Gasteiger partial charge is 0.307 e. The van der Waals surface area contributed by atoms with E-state index in [1.807, 2.05) is 31.2 Å². The topological polar surface area (TPSA) is 77.8 Å². The first-order chi connectivity index (χ1) is 10.7. The Kier molecular flexibility index (Phi) is 5.81. The summed E-state index contributed by atoms with van der Waals surface area (Å²) in [7, 11) is 0. The number of carbonyl (C=O) groups is 1. The van der Waals surface area contributed by atoms with Gasteiger partial charge in [-0.05, 0) is 24.3 Å². The lowest BCUT2D eigenvalue weighted by Gasteiger charge is -2.13. The minimum Gasteiger partial charge on any atom is -0.307 e. The van der Waals surface area contributed by atoms with Gasteiger partial charge in [0.05, 0.1) is 11.8 Å². The number of pyridine rings is 1. The van der Waals surface area contributed by atoms with Gasteiger partial charge in [0.1, 0.15) is 5.82 Å². The fraction of sp³-hybridized carbons (Fsp3) is 0.188. The monoisotopic (exact) mass is 312 g/mol. The van der Waals surface area contributed by atoms with E-state index in [0.29, 0.717) is 17.9 Å². The van der Waals surface area contributed by atoms with Crippen molar-refractivity contribution in [1.29, 1.82) is 5.26 Å². The summed E-state index contributed by atoms with van der Waals surface area (Å²) >= 11 is 1.56. The number of anilines is 2. The molecule has 2 aromatic rings. The fourth-order valence-electron chi connectivity index (χ4n) is 1.77. The minimum absolute atomic E-state index is 0.159. The zero-order valence-electron chi connectivity index (χ0n) is 12.1. The second kappa shape index (κ2) is 8.05. The van der Waals surface area contributed by atoms with Crippen molar-refractivity contribution in [3.63, 3.8) is 0 Å². The van der Waals surface area contributed by atoms with E-state index in [1.165, 1.54) is 0 Å². The standard InChI is InChI=1S/C16H16N4OS/c1-12(9-10-17)22-14-7-3-2-6-13(14)19-16(21)20-15-8-4-5-11-18-15/h2-8,11-12H,9H2,1H3,(H2,18,19,20,21)/t12-/m0/s1. The molecule has 1 aromatic carbocycles. The highest BCUT2D eigenvalue weighted by atomic mass is 32.2. The lowest BCUT2D eigenvalue weighted by molar-refractivity contribution is 0.262. The first-order valence-corrected chi connectivity index (χ1v) is 7.68. The highest BCUT2D eigenvalue weighted by molar-refractivity contribution is 8.00. The first kappa shape index (κ1) is 15.9. The van der Waals surface area contributed by atoms with Crippen molar-refractivity contribution >= 4 is 29.3 Å². The number of nitrogens with zero attached hydrogens (tertiary/aromatic N) is 2. The van der Waals surface area contributed by atoms with Crippen LogP contribution < -0.4 is 10.6 Å². The zero-order valence-corrected chi connectivity index (χ0v) is 12.9. The Hall–Kier alpha value is -2.52. The van der Waals surface area contributed by atoms with Crippen LogP contribution in [-0.4, -0.2) is 16.3 Å². The molecule has 2 amide bonds. The molecule has 6 heteroatoms. The Bertz CT molecular complexity index is 669. The van der Waals surface area contributed by atoms with E-state index in [1.54, 1.807) is 36.2 Å². The molecule has 0 unspecified atom stereocenters. The van der Waals surface area contributed by atoms with Gasteiger partial charge in [0, 0.05) is 22.8 Å². The van der Waals surface area contributed by atoms with Gasteiger partial charge >= 0.3 is 6.03 Å². The molecule has 0 aliphatic heterocycles. The number of nitrogens with one attached hydrogen (secondary N) is 2. The molecule has 1 aromatic heterocycles. The molecule has 2 rings (SSSR count). The number of thioether (sulfide) groups is 1. The summed E-state index contributed by atoms with van der Waals surface area (Å²) in [5.74, 6) is 0.489. The maximum atomic E-state index is 12.0. The molecule has 112 valence electrons. The first-order valence-electron chi connectivity index (χ1n) is 6.80. The van der Waals surface area contributed by atoms with Crippen LogP contribution in [0.2, 0.25) is 0 Å². The van der Waals surface area contributed by atoms with Crippen molar-refractivity contribution in [3.05, 3.63) is 48.7 Å². The number of para-hydroxylation sites is 1. The predicted molar refractivity (Wildman–Crippen MR) is 88.9 cm³/mol. The number of amides is 2. The molecule has 0 saturated carbocycles. The number of aromatic nitrogens is 1. The van der Waals surface area contributed by atoms with E-state index >= 15 is 0 Å². The fourth-order valence-corrected chi connectivity index (χ4v) is 2.76. The highest BCUT2D eigenvalue weighted by Crippen LogP contribution is 2.31. The summed E-state index contributed by atoms with van der Waals surface area (Å²) in [5.41, 5.74) is 0.714. The van der Waals surface area contributed by atoms with Crippen LogP contribution in [0.25, 0.3) is 0 Å². The van der Waals surface area contributed by atoms with Crippen molar-refractivity contribution < 1.29 is 4.79 Å². The normalized spacial score (nSPS) is 11.3. The third kappa shape index (κ3) is 4.79. The van der Waals surface area contributed by atoms with Crippen molar-refractivity contribution in [2.24, 2.45) is 0 Å². The Morgan fingerprint density at radius 2 is 2.05 bits per heavy atom. The molecule has 5 nitrogen and oxygen atoms in total. The van der Waals surface area contributed by atoms with Crippen LogP contribution in [-0.2, 0) is 0 Å². The number of benzene rings is 1. The number of hydrogen-bond acceptors (Lipinski definition) is 4. The molecular weight excluding hydrogens is 296 g/mol. The van der Waals surface area contributed by atoms with Crippen LogP contribution >= 0.6 is 11.8 Å². The zero-order chi connectivity index (χ0) is 15.8. The minimum atomic E-state index is -0.348. The Morgan fingerprint density at radius 1 is 1.27 bits per heavy atom. The van der Waals surface area contributed by atoms with Gasteiger partial charge in [-0.25, -0.2) is 9.78 Å². The van der Waals surface area contributed by atoms with Gasteiger partial charge in [0.25, 0.3) is 0 Å². The van der Waals surface area contributed by atoms with Gasteiger partial charge in [-0.1, -0.05) is 25.1 Å². The maximum Gasteiger partial charge on any atom is 0.324 e. The molecule has 0 bridgehead atoms. The van der Waals surface area contributed by atoms with Gasteiger partial charge in [0.15, 0.2) is 0 Å². The third-order valence-corrected chi connectivity index (χ3v) is 3.93. The van der Waals surface area contributed by atoms with E-state index in [9.17, 15) is 4.79 Å². The van der Waals surface area contributed by atoms with Gasteiger partial charge in [-0.2, -0.15) is 5.26 Å². The number of nitriles is 1. The molecule has 0 saturated heterocycles. The number of rotatable bonds is 5. The summed E-state index contributed by atoms with van der Waals surface area (Å²) < 4.78 is 0. The van der Waals surface area contributed by atoms with E-state index in [4.69, 9.17) is 5.26 Å². The van der Waals surface area contributed by atoms with E-state index in [0.717, 1.165) is 4.90 Å². The van der Waals surface area contributed by atoms with Gasteiger partial charge in [-0.15, -0.1) is 11.8 Å². The molecule has 0 fully saturated rings. The third-order valence-electron chi connectivity index (χ3n) is 2.75. The summed E-state index contributed by atoms with van der Waals surface area (Å²) in [4.78, 5) is 17.0. The Labute approximate surface area is 133 Å². The molecule has 22 heavy (non-hydrogen) atoms. The number of urea groups is 1. The van der Waals surface area contributed by atoms with Crippen LogP contribution in [0.4, 0.5) is 16.3 Å².